The van der Waals surface area contributed by atoms with Crippen molar-refractivity contribution >= 4 is 5.91 Å². The van der Waals surface area contributed by atoms with Gasteiger partial charge in [0.15, 0.2) is 11.5 Å². The van der Waals surface area contributed by atoms with E-state index in [2.05, 4.69) is 18.7 Å². The molecule has 7 heteroatoms. The minimum atomic E-state index is -0.319. The second kappa shape index (κ2) is 9.58. The summed E-state index contributed by atoms with van der Waals surface area (Å²) in [4.78, 5) is 17.3. The zero-order chi connectivity index (χ0) is 20.1. The highest BCUT2D eigenvalue weighted by Gasteiger charge is 2.27. The van der Waals surface area contributed by atoms with Gasteiger partial charge >= 0.3 is 0 Å². The Labute approximate surface area is 167 Å². The van der Waals surface area contributed by atoms with Crippen LogP contribution in [-0.4, -0.2) is 79.1 Å². The van der Waals surface area contributed by atoms with E-state index in [1.807, 2.05) is 11.8 Å². The molecule has 2 unspecified atom stereocenters. The predicted molar refractivity (Wildman–Crippen MR) is 106 cm³/mol. The van der Waals surface area contributed by atoms with Crippen molar-refractivity contribution in [2.45, 2.75) is 39.4 Å². The smallest absolute Gasteiger partial charge is 0.254 e. The molecule has 3 rings (SSSR count). The maximum atomic E-state index is 13.2. The van der Waals surface area contributed by atoms with Crippen molar-refractivity contribution in [1.82, 2.24) is 9.80 Å². The molecule has 1 amide bonds. The molecule has 2 aliphatic rings. The standard InChI is InChI=1S/C21H32N2O5/c1-4-17(24)11-22-7-8-26-18(12-22)13-23(10-15(2)3)21(25)16-5-6-19-20(9-16)28-14-27-19/h5-6,9,15,17-18,24H,4,7-8,10-14H2,1-3H3. The van der Waals surface area contributed by atoms with E-state index in [0.29, 0.717) is 49.2 Å². The molecule has 0 aliphatic carbocycles. The number of hydrogen-bond donors (Lipinski definition) is 1. The van der Waals surface area contributed by atoms with Gasteiger partial charge in [-0.25, -0.2) is 0 Å². The fraction of sp³-hybridized carbons (Fsp3) is 0.667. The first-order valence-corrected chi connectivity index (χ1v) is 10.2. The normalized spacial score (nSPS) is 20.4. The van der Waals surface area contributed by atoms with Crippen LogP contribution >= 0.6 is 0 Å². The molecule has 0 bridgehead atoms. The molecular formula is C21H32N2O5. The SMILES string of the molecule is CCC(O)CN1CCOC(CN(CC(C)C)C(=O)c2ccc3c(c2)OCO3)C1. The molecule has 1 saturated heterocycles. The minimum absolute atomic E-state index is 0.0266. The van der Waals surface area contributed by atoms with Crippen LogP contribution in [0.4, 0.5) is 0 Å². The zero-order valence-corrected chi connectivity index (χ0v) is 17.1. The van der Waals surface area contributed by atoms with Gasteiger partial charge in [-0.1, -0.05) is 20.8 Å². The van der Waals surface area contributed by atoms with Crippen molar-refractivity contribution in [3.8, 4) is 11.5 Å². The van der Waals surface area contributed by atoms with Crippen LogP contribution in [0.2, 0.25) is 0 Å². The summed E-state index contributed by atoms with van der Waals surface area (Å²) in [6, 6.07) is 5.33. The highest BCUT2D eigenvalue weighted by molar-refractivity contribution is 5.95. The summed E-state index contributed by atoms with van der Waals surface area (Å²) in [6.45, 7) is 10.4. The van der Waals surface area contributed by atoms with Gasteiger partial charge in [-0.05, 0) is 30.5 Å². The lowest BCUT2D eigenvalue weighted by Crippen LogP contribution is -2.50. The number of carbonyl (C=O) groups excluding carboxylic acids is 1. The number of rotatable bonds is 8. The Morgan fingerprint density at radius 3 is 2.86 bits per heavy atom. The largest absolute Gasteiger partial charge is 0.454 e. The fourth-order valence-electron chi connectivity index (χ4n) is 3.62. The molecule has 1 aromatic rings. The van der Waals surface area contributed by atoms with Gasteiger partial charge in [-0.3, -0.25) is 9.69 Å². The topological polar surface area (TPSA) is 71.5 Å². The van der Waals surface area contributed by atoms with E-state index in [1.165, 1.54) is 0 Å². The van der Waals surface area contributed by atoms with Crippen molar-refractivity contribution < 1.29 is 24.1 Å². The molecule has 1 aromatic carbocycles. The Bertz CT molecular complexity index is 666. The van der Waals surface area contributed by atoms with E-state index in [-0.39, 0.29) is 24.9 Å². The van der Waals surface area contributed by atoms with E-state index in [9.17, 15) is 9.90 Å². The lowest BCUT2D eigenvalue weighted by Gasteiger charge is -2.37. The van der Waals surface area contributed by atoms with Crippen LogP contribution in [0.15, 0.2) is 18.2 Å². The van der Waals surface area contributed by atoms with Crippen LogP contribution in [-0.2, 0) is 4.74 Å². The van der Waals surface area contributed by atoms with E-state index >= 15 is 0 Å². The number of aliphatic hydroxyl groups is 1. The van der Waals surface area contributed by atoms with Gasteiger partial charge in [0, 0.05) is 38.3 Å². The minimum Gasteiger partial charge on any atom is -0.454 e. The summed E-state index contributed by atoms with van der Waals surface area (Å²) in [5, 5.41) is 9.94. The number of hydrogen-bond acceptors (Lipinski definition) is 6. The molecule has 2 atom stereocenters. The number of fused-ring (bicyclic) bond motifs is 1. The quantitative estimate of drug-likeness (QED) is 0.730. The number of amides is 1. The van der Waals surface area contributed by atoms with Gasteiger partial charge in [0.2, 0.25) is 6.79 Å². The molecule has 2 heterocycles. The number of morpholine rings is 1. The molecule has 0 saturated carbocycles. The van der Waals surface area contributed by atoms with E-state index in [4.69, 9.17) is 14.2 Å². The Kier molecular flexibility index (Phi) is 7.15. The molecule has 2 aliphatic heterocycles. The fourth-order valence-corrected chi connectivity index (χ4v) is 3.62. The number of benzene rings is 1. The summed E-state index contributed by atoms with van der Waals surface area (Å²) >= 11 is 0. The van der Waals surface area contributed by atoms with Crippen molar-refractivity contribution in [3.63, 3.8) is 0 Å². The molecule has 28 heavy (non-hydrogen) atoms. The zero-order valence-electron chi connectivity index (χ0n) is 17.1. The highest BCUT2D eigenvalue weighted by atomic mass is 16.7. The van der Waals surface area contributed by atoms with Gasteiger partial charge in [0.25, 0.3) is 5.91 Å². The molecule has 1 fully saturated rings. The summed E-state index contributed by atoms with van der Waals surface area (Å²) in [6.07, 6.45) is 0.361. The Hall–Kier alpha value is -1.83. The molecular weight excluding hydrogens is 360 g/mol. The van der Waals surface area contributed by atoms with E-state index in [1.54, 1.807) is 18.2 Å². The third-order valence-electron chi connectivity index (χ3n) is 5.08. The van der Waals surface area contributed by atoms with Gasteiger partial charge in [0.1, 0.15) is 0 Å². The molecule has 1 N–H and O–H groups in total. The first-order chi connectivity index (χ1) is 13.5. The molecule has 0 radical (unpaired) electrons. The van der Waals surface area contributed by atoms with Crippen LogP contribution in [0.1, 0.15) is 37.6 Å². The lowest BCUT2D eigenvalue weighted by atomic mass is 10.1. The van der Waals surface area contributed by atoms with Crippen LogP contribution in [0.5, 0.6) is 11.5 Å². The number of aliphatic hydroxyl groups excluding tert-OH is 1. The van der Waals surface area contributed by atoms with E-state index < -0.39 is 0 Å². The number of β-amino-alcohol motifs (C(OH)–C–C–N with tert-alkyl or cyclic N) is 1. The molecule has 0 aromatic heterocycles. The number of carbonyl (C=O) groups is 1. The van der Waals surface area contributed by atoms with Crippen molar-refractivity contribution in [1.29, 1.82) is 0 Å². The average Bonchev–Trinajstić information content (AvgIpc) is 3.14. The van der Waals surface area contributed by atoms with Crippen molar-refractivity contribution in [3.05, 3.63) is 23.8 Å². The number of ether oxygens (including phenoxy) is 3. The van der Waals surface area contributed by atoms with Gasteiger partial charge in [-0.2, -0.15) is 0 Å². The Morgan fingerprint density at radius 2 is 2.11 bits per heavy atom. The van der Waals surface area contributed by atoms with Gasteiger partial charge in [0.05, 0.1) is 18.8 Å². The Balaban J connectivity index is 1.67. The maximum absolute atomic E-state index is 13.2. The second-order valence-electron chi connectivity index (χ2n) is 7.99. The third kappa shape index (κ3) is 5.37. The molecule has 156 valence electrons. The lowest BCUT2D eigenvalue weighted by molar-refractivity contribution is -0.0513. The van der Waals surface area contributed by atoms with Gasteiger partial charge in [-0.15, -0.1) is 0 Å². The second-order valence-corrected chi connectivity index (χ2v) is 7.99. The van der Waals surface area contributed by atoms with Crippen molar-refractivity contribution in [2.75, 3.05) is 46.1 Å². The Morgan fingerprint density at radius 1 is 1.32 bits per heavy atom. The summed E-state index contributed by atoms with van der Waals surface area (Å²) in [5.74, 6) is 1.61. The summed E-state index contributed by atoms with van der Waals surface area (Å²) in [5.41, 5.74) is 0.596. The maximum Gasteiger partial charge on any atom is 0.254 e. The average molecular weight is 392 g/mol. The third-order valence-corrected chi connectivity index (χ3v) is 5.08. The highest BCUT2D eigenvalue weighted by Crippen LogP contribution is 2.33. The summed E-state index contributed by atoms with van der Waals surface area (Å²) < 4.78 is 16.7. The predicted octanol–water partition coefficient (Wildman–Crippen LogP) is 1.99. The van der Waals surface area contributed by atoms with E-state index in [0.717, 1.165) is 19.5 Å². The van der Waals surface area contributed by atoms with Crippen LogP contribution in [0.3, 0.4) is 0 Å². The first-order valence-electron chi connectivity index (χ1n) is 10.2. The van der Waals surface area contributed by atoms with Crippen molar-refractivity contribution in [2.24, 2.45) is 5.92 Å². The number of nitrogens with zero attached hydrogens (tertiary/aromatic N) is 2. The van der Waals surface area contributed by atoms with Gasteiger partial charge < -0.3 is 24.2 Å². The monoisotopic (exact) mass is 392 g/mol. The first kappa shape index (κ1) is 20.9. The van der Waals surface area contributed by atoms with Crippen LogP contribution in [0, 0.1) is 5.92 Å². The molecule has 7 nitrogen and oxygen atoms in total. The van der Waals surface area contributed by atoms with Crippen LogP contribution in [0.25, 0.3) is 0 Å². The van der Waals surface area contributed by atoms with Crippen LogP contribution < -0.4 is 9.47 Å². The summed E-state index contributed by atoms with van der Waals surface area (Å²) in [7, 11) is 0. The molecule has 0 spiro atoms.